The number of carbonyl (C=O) groups excluding carboxylic acids is 1. The average Bonchev–Trinajstić information content (AvgIpc) is 3.18. The van der Waals surface area contributed by atoms with Crippen LogP contribution in [0.4, 0.5) is 4.39 Å². The van der Waals surface area contributed by atoms with Crippen LogP contribution in [0.15, 0.2) is 48.5 Å². The molecule has 154 valence electrons. The number of likely N-dealkylation sites (tertiary alicyclic amines) is 1. The standard InChI is InChI=1S/C24H29FN2O2/c1-2-14-29-20-11-5-17(6-12-20)15-23(28)27-13-3-4-22-24(27)21(16-26-22)18-7-9-19(25)10-8-18/h5-12,21-22,24,26H,2-4,13-16H2,1H3/t21-,22-,24-/m1/s1. The average molecular weight is 397 g/mol. The van der Waals surface area contributed by atoms with Crippen LogP contribution >= 0.6 is 0 Å². The molecule has 0 aliphatic carbocycles. The lowest BCUT2D eigenvalue weighted by atomic mass is 9.85. The second-order valence-electron chi connectivity index (χ2n) is 8.06. The minimum atomic E-state index is -0.223. The lowest BCUT2D eigenvalue weighted by Crippen LogP contribution is -2.53. The number of benzene rings is 2. The predicted octanol–water partition coefficient (Wildman–Crippen LogP) is 3.90. The first-order chi connectivity index (χ1) is 14.2. The van der Waals surface area contributed by atoms with E-state index in [1.54, 1.807) is 0 Å². The number of nitrogens with zero attached hydrogens (tertiary/aromatic N) is 1. The molecule has 0 saturated carbocycles. The van der Waals surface area contributed by atoms with Crippen LogP contribution in [0.2, 0.25) is 0 Å². The van der Waals surface area contributed by atoms with Crippen molar-refractivity contribution in [2.45, 2.75) is 50.6 Å². The van der Waals surface area contributed by atoms with E-state index < -0.39 is 0 Å². The molecule has 4 nitrogen and oxygen atoms in total. The number of rotatable bonds is 6. The number of hydrogen-bond acceptors (Lipinski definition) is 3. The lowest BCUT2D eigenvalue weighted by Gasteiger charge is -2.40. The summed E-state index contributed by atoms with van der Waals surface area (Å²) < 4.78 is 19.0. The summed E-state index contributed by atoms with van der Waals surface area (Å²) in [6, 6.07) is 15.0. The van der Waals surface area contributed by atoms with E-state index in [0.29, 0.717) is 19.1 Å². The third kappa shape index (κ3) is 4.45. The van der Waals surface area contributed by atoms with Crippen LogP contribution in [0.3, 0.4) is 0 Å². The van der Waals surface area contributed by atoms with Gasteiger partial charge in [-0.05, 0) is 54.7 Å². The second kappa shape index (κ2) is 8.95. The molecule has 29 heavy (non-hydrogen) atoms. The second-order valence-corrected chi connectivity index (χ2v) is 8.06. The number of hydrogen-bond donors (Lipinski definition) is 1. The van der Waals surface area contributed by atoms with Crippen LogP contribution in [-0.2, 0) is 11.2 Å². The van der Waals surface area contributed by atoms with Crippen LogP contribution in [0.5, 0.6) is 5.75 Å². The summed E-state index contributed by atoms with van der Waals surface area (Å²) >= 11 is 0. The molecule has 0 radical (unpaired) electrons. The Morgan fingerprint density at radius 2 is 1.93 bits per heavy atom. The lowest BCUT2D eigenvalue weighted by molar-refractivity contribution is -0.134. The fraction of sp³-hybridized carbons (Fsp3) is 0.458. The molecule has 2 fully saturated rings. The van der Waals surface area contributed by atoms with Gasteiger partial charge in [0.05, 0.1) is 19.1 Å². The van der Waals surface area contributed by atoms with Gasteiger partial charge < -0.3 is 15.0 Å². The molecule has 2 aromatic rings. The third-order valence-electron chi connectivity index (χ3n) is 6.07. The van der Waals surface area contributed by atoms with Crippen molar-refractivity contribution in [3.05, 3.63) is 65.5 Å². The first-order valence-electron chi connectivity index (χ1n) is 10.7. The summed E-state index contributed by atoms with van der Waals surface area (Å²) in [6.45, 7) is 4.40. The molecular formula is C24H29FN2O2. The van der Waals surface area contributed by atoms with Crippen molar-refractivity contribution in [3.63, 3.8) is 0 Å². The highest BCUT2D eigenvalue weighted by Crippen LogP contribution is 2.35. The third-order valence-corrected chi connectivity index (χ3v) is 6.07. The number of ether oxygens (including phenoxy) is 1. The number of nitrogens with one attached hydrogen (secondary N) is 1. The van der Waals surface area contributed by atoms with E-state index in [9.17, 15) is 9.18 Å². The molecule has 2 saturated heterocycles. The molecule has 5 heteroatoms. The fourth-order valence-corrected chi connectivity index (χ4v) is 4.65. The summed E-state index contributed by atoms with van der Waals surface area (Å²) in [5, 5.41) is 3.59. The zero-order chi connectivity index (χ0) is 20.2. The summed E-state index contributed by atoms with van der Waals surface area (Å²) in [4.78, 5) is 15.3. The molecule has 2 heterocycles. The Labute approximate surface area is 172 Å². The van der Waals surface area contributed by atoms with Crippen molar-refractivity contribution in [3.8, 4) is 5.75 Å². The van der Waals surface area contributed by atoms with Crippen LogP contribution in [0, 0.1) is 5.82 Å². The van der Waals surface area contributed by atoms with Crippen molar-refractivity contribution >= 4 is 5.91 Å². The Hall–Kier alpha value is -2.40. The van der Waals surface area contributed by atoms with Gasteiger partial charge in [0.15, 0.2) is 0 Å². The fourth-order valence-electron chi connectivity index (χ4n) is 4.65. The SMILES string of the molecule is CCCOc1ccc(CC(=O)N2CCC[C@H]3NC[C@H](c4ccc(F)cc4)[C@H]32)cc1. The normalized spacial score (nSPS) is 23.7. The molecule has 4 rings (SSSR count). The van der Waals surface area contributed by atoms with Gasteiger partial charge >= 0.3 is 0 Å². The Bertz CT molecular complexity index is 822. The van der Waals surface area contributed by atoms with E-state index in [2.05, 4.69) is 17.1 Å². The molecule has 0 aromatic heterocycles. The van der Waals surface area contributed by atoms with Crippen LogP contribution in [-0.4, -0.2) is 42.6 Å². The van der Waals surface area contributed by atoms with Gasteiger partial charge in [-0.2, -0.15) is 0 Å². The number of piperidine rings is 1. The van der Waals surface area contributed by atoms with E-state index in [1.165, 1.54) is 12.1 Å². The van der Waals surface area contributed by atoms with Gasteiger partial charge in [-0.1, -0.05) is 31.2 Å². The molecule has 0 bridgehead atoms. The Kier molecular flexibility index (Phi) is 6.14. The first-order valence-corrected chi connectivity index (χ1v) is 10.7. The molecular weight excluding hydrogens is 367 g/mol. The van der Waals surface area contributed by atoms with Gasteiger partial charge in [0, 0.05) is 25.0 Å². The van der Waals surface area contributed by atoms with Crippen LogP contribution in [0.25, 0.3) is 0 Å². The Morgan fingerprint density at radius 3 is 2.66 bits per heavy atom. The quantitative estimate of drug-likeness (QED) is 0.805. The topological polar surface area (TPSA) is 41.6 Å². The van der Waals surface area contributed by atoms with E-state index in [0.717, 1.165) is 49.2 Å². The van der Waals surface area contributed by atoms with Gasteiger partial charge in [0.2, 0.25) is 5.91 Å². The molecule has 1 amide bonds. The van der Waals surface area contributed by atoms with Crippen molar-refractivity contribution in [1.29, 1.82) is 0 Å². The first kappa shape index (κ1) is 19.9. The zero-order valence-corrected chi connectivity index (χ0v) is 16.9. The van der Waals surface area contributed by atoms with Gasteiger partial charge in [-0.3, -0.25) is 4.79 Å². The van der Waals surface area contributed by atoms with Gasteiger partial charge in [0.25, 0.3) is 0 Å². The van der Waals surface area contributed by atoms with E-state index in [4.69, 9.17) is 4.74 Å². The van der Waals surface area contributed by atoms with Gasteiger partial charge in [-0.15, -0.1) is 0 Å². The predicted molar refractivity (Wildman–Crippen MR) is 112 cm³/mol. The molecule has 0 spiro atoms. The summed E-state index contributed by atoms with van der Waals surface area (Å²) in [5.41, 5.74) is 2.11. The maximum absolute atomic E-state index is 13.4. The highest BCUT2D eigenvalue weighted by molar-refractivity contribution is 5.79. The van der Waals surface area contributed by atoms with Crippen molar-refractivity contribution < 1.29 is 13.9 Å². The minimum Gasteiger partial charge on any atom is -0.494 e. The summed E-state index contributed by atoms with van der Waals surface area (Å²) in [6.07, 6.45) is 3.46. The number of carbonyl (C=O) groups is 1. The van der Waals surface area contributed by atoms with Crippen LogP contribution in [0.1, 0.15) is 43.2 Å². The Balaban J connectivity index is 1.47. The van der Waals surface area contributed by atoms with E-state index in [1.807, 2.05) is 36.4 Å². The van der Waals surface area contributed by atoms with E-state index in [-0.39, 0.29) is 23.7 Å². The molecule has 2 aromatic carbocycles. The number of halogens is 1. The largest absolute Gasteiger partial charge is 0.494 e. The number of fused-ring (bicyclic) bond motifs is 1. The maximum atomic E-state index is 13.4. The minimum absolute atomic E-state index is 0.133. The van der Waals surface area contributed by atoms with Gasteiger partial charge in [-0.25, -0.2) is 4.39 Å². The molecule has 2 aliphatic rings. The van der Waals surface area contributed by atoms with Crippen LogP contribution < -0.4 is 10.1 Å². The monoisotopic (exact) mass is 396 g/mol. The smallest absolute Gasteiger partial charge is 0.227 e. The zero-order valence-electron chi connectivity index (χ0n) is 16.9. The number of amides is 1. The highest BCUT2D eigenvalue weighted by atomic mass is 19.1. The van der Waals surface area contributed by atoms with Gasteiger partial charge in [0.1, 0.15) is 11.6 Å². The molecule has 0 unspecified atom stereocenters. The highest BCUT2D eigenvalue weighted by Gasteiger charge is 2.44. The van der Waals surface area contributed by atoms with Crippen molar-refractivity contribution in [2.75, 3.05) is 19.7 Å². The summed E-state index contributed by atoms with van der Waals surface area (Å²) in [7, 11) is 0. The molecule has 3 atom stereocenters. The van der Waals surface area contributed by atoms with E-state index >= 15 is 0 Å². The maximum Gasteiger partial charge on any atom is 0.227 e. The van der Waals surface area contributed by atoms with Crippen molar-refractivity contribution in [2.24, 2.45) is 0 Å². The molecule has 2 aliphatic heterocycles. The van der Waals surface area contributed by atoms with Crippen molar-refractivity contribution in [1.82, 2.24) is 10.2 Å². The Morgan fingerprint density at radius 1 is 1.17 bits per heavy atom. The molecule has 1 N–H and O–H groups in total. The summed E-state index contributed by atoms with van der Waals surface area (Å²) in [5.74, 6) is 0.990.